The molecule has 58 heavy (non-hydrogen) atoms. The van der Waals surface area contributed by atoms with Crippen molar-refractivity contribution in [2.75, 3.05) is 26.4 Å². The van der Waals surface area contributed by atoms with Crippen molar-refractivity contribution in [2.24, 2.45) is 0 Å². The van der Waals surface area contributed by atoms with Gasteiger partial charge in [-0.05, 0) is 49.9 Å². The van der Waals surface area contributed by atoms with E-state index in [-0.39, 0.29) is 0 Å². The molecule has 0 atom stereocenters. The highest BCUT2D eigenvalue weighted by atomic mass is 16.5. The van der Waals surface area contributed by atoms with Gasteiger partial charge in [-0.1, -0.05) is 194 Å². The number of nitrogens with zero attached hydrogens (tertiary/aromatic N) is 2. The quantitative estimate of drug-likeness (QED) is 0.0623. The predicted octanol–water partition coefficient (Wildman–Crippen LogP) is 16.2. The Hall–Kier alpha value is -3.38. The topological polar surface area (TPSA) is 84.5 Å². The van der Waals surface area contributed by atoms with Gasteiger partial charge < -0.3 is 18.9 Å². The molecule has 0 aliphatic carbocycles. The van der Waals surface area contributed by atoms with Gasteiger partial charge in [-0.15, -0.1) is 0 Å². The van der Waals surface area contributed by atoms with Crippen molar-refractivity contribution in [1.82, 2.24) is 0 Å². The lowest BCUT2D eigenvalue weighted by Gasteiger charge is -2.11. The van der Waals surface area contributed by atoms with Gasteiger partial charge in [-0.3, -0.25) is 0 Å². The second kappa shape index (κ2) is 37.9. The Balaban J connectivity index is 1.47. The van der Waals surface area contributed by atoms with E-state index in [0.29, 0.717) is 49.1 Å². The maximum absolute atomic E-state index is 9.52. The van der Waals surface area contributed by atoms with Crippen LogP contribution in [0, 0.1) is 22.7 Å². The normalized spacial score (nSPS) is 11.0. The largest absolute Gasteiger partial charge is 0.493 e. The first-order valence-electron chi connectivity index (χ1n) is 24.3. The summed E-state index contributed by atoms with van der Waals surface area (Å²) in [6.07, 6.45) is 41.1. The molecule has 0 bridgehead atoms. The fourth-order valence-corrected chi connectivity index (χ4v) is 7.52. The minimum Gasteiger partial charge on any atom is -0.493 e. The molecule has 0 aliphatic rings. The Morgan fingerprint density at radius 2 is 0.483 bits per heavy atom. The molecule has 0 saturated carbocycles. The van der Waals surface area contributed by atoms with Gasteiger partial charge in [0.15, 0.2) is 0 Å². The molecule has 6 nitrogen and oxygen atoms in total. The zero-order chi connectivity index (χ0) is 41.4. The third-order valence-electron chi connectivity index (χ3n) is 11.1. The lowest BCUT2D eigenvalue weighted by molar-refractivity contribution is 0.285. The SMILES string of the molecule is CCCCCCCCCCCCCCCOc1cc(C#N)cc(OCCCCCCCCOc2cc(C#N)cc(OCCCCCCCCCCCCCCC)c2)c1. The fourth-order valence-electron chi connectivity index (χ4n) is 7.52. The number of benzene rings is 2. The molecule has 0 spiro atoms. The summed E-state index contributed by atoms with van der Waals surface area (Å²) in [5.41, 5.74) is 1.15. The molecule has 0 fully saturated rings. The van der Waals surface area contributed by atoms with Crippen LogP contribution < -0.4 is 18.9 Å². The number of hydrogen-bond donors (Lipinski definition) is 0. The van der Waals surface area contributed by atoms with Crippen LogP contribution in [-0.2, 0) is 0 Å². The minimum absolute atomic E-state index is 0.577. The van der Waals surface area contributed by atoms with E-state index in [1.54, 1.807) is 12.1 Å². The minimum atomic E-state index is 0.577. The zero-order valence-corrected chi connectivity index (χ0v) is 37.4. The highest BCUT2D eigenvalue weighted by Crippen LogP contribution is 2.25. The van der Waals surface area contributed by atoms with Crippen molar-refractivity contribution in [3.8, 4) is 35.1 Å². The number of unbranched alkanes of at least 4 members (excludes halogenated alkanes) is 29. The van der Waals surface area contributed by atoms with Crippen molar-refractivity contribution in [3.05, 3.63) is 47.5 Å². The molecule has 0 heterocycles. The molecule has 0 aliphatic heterocycles. The first-order chi connectivity index (χ1) is 28.7. The van der Waals surface area contributed by atoms with Gasteiger partial charge in [-0.2, -0.15) is 10.5 Å². The van der Waals surface area contributed by atoms with Crippen LogP contribution in [-0.4, -0.2) is 26.4 Å². The van der Waals surface area contributed by atoms with Crippen molar-refractivity contribution in [3.63, 3.8) is 0 Å². The van der Waals surface area contributed by atoms with Crippen molar-refractivity contribution < 1.29 is 18.9 Å². The first-order valence-corrected chi connectivity index (χ1v) is 24.3. The lowest BCUT2D eigenvalue weighted by atomic mass is 10.0. The maximum atomic E-state index is 9.52. The highest BCUT2D eigenvalue weighted by Gasteiger charge is 2.06. The van der Waals surface area contributed by atoms with Crippen LogP contribution in [0.3, 0.4) is 0 Å². The molecule has 2 aromatic rings. The summed E-state index contributed by atoms with van der Waals surface area (Å²) in [7, 11) is 0. The number of rotatable bonds is 41. The monoisotopic (exact) mass is 801 g/mol. The van der Waals surface area contributed by atoms with Gasteiger partial charge in [0, 0.05) is 12.1 Å². The first kappa shape index (κ1) is 50.8. The van der Waals surface area contributed by atoms with Crippen LogP contribution >= 0.6 is 0 Å². The second-order valence-corrected chi connectivity index (χ2v) is 16.6. The van der Waals surface area contributed by atoms with Crippen molar-refractivity contribution in [2.45, 2.75) is 219 Å². The molecule has 326 valence electrons. The summed E-state index contributed by atoms with van der Waals surface area (Å²) in [5, 5.41) is 19.0. The molecule has 6 heteroatoms. The number of ether oxygens (including phenoxy) is 4. The van der Waals surface area contributed by atoms with E-state index in [4.69, 9.17) is 18.9 Å². The summed E-state index contributed by atoms with van der Waals surface area (Å²) in [5.74, 6) is 2.88. The van der Waals surface area contributed by atoms with Crippen molar-refractivity contribution in [1.29, 1.82) is 10.5 Å². The van der Waals surface area contributed by atoms with Gasteiger partial charge in [0.1, 0.15) is 23.0 Å². The Morgan fingerprint density at radius 3 is 0.672 bits per heavy atom. The maximum Gasteiger partial charge on any atom is 0.124 e. The van der Waals surface area contributed by atoms with E-state index in [1.807, 2.05) is 24.3 Å². The lowest BCUT2D eigenvalue weighted by Crippen LogP contribution is -2.01. The van der Waals surface area contributed by atoms with E-state index in [9.17, 15) is 10.5 Å². The zero-order valence-electron chi connectivity index (χ0n) is 37.4. The van der Waals surface area contributed by atoms with Gasteiger partial charge in [0.05, 0.1) is 49.7 Å². The van der Waals surface area contributed by atoms with Gasteiger partial charge in [0.2, 0.25) is 0 Å². The van der Waals surface area contributed by atoms with Gasteiger partial charge in [-0.25, -0.2) is 0 Å². The Labute approximate surface area is 356 Å². The number of nitriles is 2. The van der Waals surface area contributed by atoms with E-state index in [1.165, 1.54) is 154 Å². The molecule has 2 rings (SSSR count). The van der Waals surface area contributed by atoms with Gasteiger partial charge in [0.25, 0.3) is 0 Å². The molecule has 2 aromatic carbocycles. The average molecular weight is 801 g/mol. The Morgan fingerprint density at radius 1 is 0.293 bits per heavy atom. The van der Waals surface area contributed by atoms with Crippen LogP contribution in [0.2, 0.25) is 0 Å². The summed E-state index contributed by atoms with van der Waals surface area (Å²) in [4.78, 5) is 0. The van der Waals surface area contributed by atoms with Crippen molar-refractivity contribution >= 4 is 0 Å². The second-order valence-electron chi connectivity index (χ2n) is 16.6. The molecule has 0 unspecified atom stereocenters. The summed E-state index contributed by atoms with van der Waals surface area (Å²) >= 11 is 0. The third-order valence-corrected chi connectivity index (χ3v) is 11.1. The van der Waals surface area contributed by atoms with E-state index >= 15 is 0 Å². The Kier molecular flexibility index (Phi) is 33.1. The molecular formula is C52H84N2O4. The van der Waals surface area contributed by atoms with Gasteiger partial charge >= 0.3 is 0 Å². The summed E-state index contributed by atoms with van der Waals surface area (Å²) < 4.78 is 24.1. The van der Waals surface area contributed by atoms with Crippen LogP contribution in [0.15, 0.2) is 36.4 Å². The van der Waals surface area contributed by atoms with E-state index < -0.39 is 0 Å². The smallest absolute Gasteiger partial charge is 0.124 e. The van der Waals surface area contributed by atoms with Crippen LogP contribution in [0.1, 0.15) is 230 Å². The molecule has 0 radical (unpaired) electrons. The molecule has 0 amide bonds. The molecular weight excluding hydrogens is 717 g/mol. The fraction of sp³-hybridized carbons (Fsp3) is 0.731. The third kappa shape index (κ3) is 28.9. The molecule has 0 N–H and O–H groups in total. The summed E-state index contributed by atoms with van der Waals surface area (Å²) in [6, 6.07) is 15.6. The van der Waals surface area contributed by atoms with E-state index in [0.717, 1.165) is 62.9 Å². The average Bonchev–Trinajstić information content (AvgIpc) is 3.24. The standard InChI is InChI=1S/C52H84N2O4/c1-3-5-7-9-11-13-15-17-19-21-23-27-31-35-55-49-39-47(45-53)41-51(43-49)57-37-33-29-25-26-30-34-38-58-52-42-48(46-54)40-50(44-52)56-36-32-28-24-22-20-18-16-14-12-10-8-6-4-2/h39-44H,3-38H2,1-2H3. The van der Waals surface area contributed by atoms with Crippen LogP contribution in [0.4, 0.5) is 0 Å². The van der Waals surface area contributed by atoms with E-state index in [2.05, 4.69) is 26.0 Å². The van der Waals surface area contributed by atoms with Crippen LogP contribution in [0.25, 0.3) is 0 Å². The predicted molar refractivity (Wildman–Crippen MR) is 243 cm³/mol. The Bertz CT molecular complexity index is 1230. The molecule has 0 saturated heterocycles. The number of hydrogen-bond acceptors (Lipinski definition) is 6. The highest BCUT2D eigenvalue weighted by molar-refractivity contribution is 5.44. The van der Waals surface area contributed by atoms with Crippen LogP contribution in [0.5, 0.6) is 23.0 Å². The summed E-state index contributed by atoms with van der Waals surface area (Å²) in [6.45, 7) is 7.18. The molecule has 0 aromatic heterocycles.